The fourth-order valence-corrected chi connectivity index (χ4v) is 6.07. The normalized spacial score (nSPS) is 14.5. The van der Waals surface area contributed by atoms with Gasteiger partial charge in [-0.15, -0.1) is 0 Å². The van der Waals surface area contributed by atoms with Crippen LogP contribution in [0, 0.1) is 0 Å². The number of nitrogens with zero attached hydrogens (tertiary/aromatic N) is 2. The maximum Gasteiger partial charge on any atom is 0.343 e. The lowest BCUT2D eigenvalue weighted by atomic mass is 9.95. The number of fused-ring (bicyclic) bond motifs is 1. The fourth-order valence-electron chi connectivity index (χ4n) is 4.75. The van der Waals surface area contributed by atoms with Gasteiger partial charge in [0.1, 0.15) is 11.5 Å². The molecule has 45 heavy (non-hydrogen) atoms. The molecule has 5 rings (SSSR count). The number of thiazole rings is 1. The summed E-state index contributed by atoms with van der Waals surface area (Å²) in [5.41, 5.74) is 1.52. The topological polar surface area (TPSA) is 119 Å². The molecule has 0 bridgehead atoms. The summed E-state index contributed by atoms with van der Waals surface area (Å²) in [6.45, 7) is 5.32. The zero-order valence-electron chi connectivity index (χ0n) is 24.7. The first-order valence-corrected chi connectivity index (χ1v) is 15.4. The number of hydrogen-bond acceptors (Lipinski definition) is 10. The summed E-state index contributed by atoms with van der Waals surface area (Å²) < 4.78 is 29.3. The zero-order valence-corrected chi connectivity index (χ0v) is 27.0. The molecule has 0 saturated carbocycles. The predicted molar refractivity (Wildman–Crippen MR) is 170 cm³/mol. The first-order valence-electron chi connectivity index (χ1n) is 13.9. The molecule has 1 aliphatic rings. The highest BCUT2D eigenvalue weighted by Crippen LogP contribution is 2.36. The second-order valence-corrected chi connectivity index (χ2v) is 11.5. The number of hydrogen-bond donors (Lipinski definition) is 0. The molecule has 1 aliphatic heterocycles. The standard InChI is InChI=1S/C32H28Cl2N2O8S/c1-5-41-25-14-19(8-11-24(25)43-16-27(37)40-4)29-28(31(39)42-6-2)17(3)35-32-36(29)30(38)26(45-32)15-20-9-12-23(44-20)18-7-10-21(33)22(34)13-18/h7-15,29H,5-6,16H2,1-4H3/b26-15+/t29-/m1/s1. The number of carbonyl (C=O) groups excluding carboxylic acids is 2. The van der Waals surface area contributed by atoms with E-state index in [1.807, 2.05) is 0 Å². The summed E-state index contributed by atoms with van der Waals surface area (Å²) in [7, 11) is 1.26. The molecule has 0 saturated heterocycles. The van der Waals surface area contributed by atoms with Gasteiger partial charge in [0.15, 0.2) is 22.9 Å². The van der Waals surface area contributed by atoms with Crippen LogP contribution >= 0.6 is 34.5 Å². The molecule has 0 spiro atoms. The minimum Gasteiger partial charge on any atom is -0.490 e. The molecule has 2 aromatic heterocycles. The van der Waals surface area contributed by atoms with Crippen LogP contribution in [-0.4, -0.2) is 43.4 Å². The molecular formula is C32H28Cl2N2O8S. The maximum atomic E-state index is 14.0. The van der Waals surface area contributed by atoms with E-state index in [9.17, 15) is 14.4 Å². The molecular weight excluding hydrogens is 643 g/mol. The van der Waals surface area contributed by atoms with E-state index in [-0.39, 0.29) is 24.3 Å². The van der Waals surface area contributed by atoms with Gasteiger partial charge in [0, 0.05) is 11.6 Å². The Morgan fingerprint density at radius 3 is 2.53 bits per heavy atom. The first kappa shape index (κ1) is 32.1. The highest BCUT2D eigenvalue weighted by molar-refractivity contribution is 7.07. The van der Waals surface area contributed by atoms with Crippen molar-refractivity contribution in [1.29, 1.82) is 0 Å². The smallest absolute Gasteiger partial charge is 0.343 e. The summed E-state index contributed by atoms with van der Waals surface area (Å²) in [5, 5.41) is 0.820. The fraction of sp³-hybridized carbons (Fsp3) is 0.250. The Labute approximate surface area is 271 Å². The lowest BCUT2D eigenvalue weighted by molar-refractivity contribution is -0.143. The number of methoxy groups -OCH3 is 1. The highest BCUT2D eigenvalue weighted by atomic mass is 35.5. The molecule has 10 nitrogen and oxygen atoms in total. The summed E-state index contributed by atoms with van der Waals surface area (Å²) >= 11 is 13.4. The Balaban J connectivity index is 1.61. The van der Waals surface area contributed by atoms with Gasteiger partial charge in [-0.1, -0.05) is 40.6 Å². The second-order valence-electron chi connectivity index (χ2n) is 9.64. The minimum atomic E-state index is -0.889. The highest BCUT2D eigenvalue weighted by Gasteiger charge is 2.34. The Kier molecular flexibility index (Phi) is 9.81. The summed E-state index contributed by atoms with van der Waals surface area (Å²) in [6, 6.07) is 12.8. The van der Waals surface area contributed by atoms with E-state index >= 15 is 0 Å². The van der Waals surface area contributed by atoms with Crippen LogP contribution in [0.15, 0.2) is 74.0 Å². The number of esters is 2. The largest absolute Gasteiger partial charge is 0.490 e. The maximum absolute atomic E-state index is 14.0. The number of aromatic nitrogens is 1. The van der Waals surface area contributed by atoms with Gasteiger partial charge in [0.2, 0.25) is 0 Å². The van der Waals surface area contributed by atoms with Crippen molar-refractivity contribution in [3.05, 3.63) is 101 Å². The van der Waals surface area contributed by atoms with Crippen LogP contribution in [-0.2, 0) is 19.1 Å². The van der Waals surface area contributed by atoms with E-state index in [2.05, 4.69) is 9.73 Å². The molecule has 4 aromatic rings. The molecule has 2 aromatic carbocycles. The molecule has 0 unspecified atom stereocenters. The third kappa shape index (κ3) is 6.70. The first-order chi connectivity index (χ1) is 21.6. The number of allylic oxidation sites excluding steroid dienone is 1. The molecule has 0 N–H and O–H groups in total. The number of benzene rings is 2. The number of halogens is 2. The summed E-state index contributed by atoms with van der Waals surface area (Å²) in [5.74, 6) is 0.447. The Bertz CT molecular complexity index is 1990. The Morgan fingerprint density at radius 1 is 1.02 bits per heavy atom. The van der Waals surface area contributed by atoms with Crippen LogP contribution in [0.1, 0.15) is 38.1 Å². The van der Waals surface area contributed by atoms with Gasteiger partial charge >= 0.3 is 11.9 Å². The second kappa shape index (κ2) is 13.8. The van der Waals surface area contributed by atoms with Crippen molar-refractivity contribution in [3.63, 3.8) is 0 Å². The van der Waals surface area contributed by atoms with E-state index in [4.69, 9.17) is 41.8 Å². The summed E-state index contributed by atoms with van der Waals surface area (Å²) in [6.07, 6.45) is 1.63. The van der Waals surface area contributed by atoms with Gasteiger partial charge in [-0.2, -0.15) is 0 Å². The molecule has 0 aliphatic carbocycles. The lowest BCUT2D eigenvalue weighted by Crippen LogP contribution is -2.40. The van der Waals surface area contributed by atoms with Crippen LogP contribution in [0.2, 0.25) is 10.0 Å². The van der Waals surface area contributed by atoms with Gasteiger partial charge in [0.05, 0.1) is 52.2 Å². The van der Waals surface area contributed by atoms with Gasteiger partial charge in [-0.25, -0.2) is 14.6 Å². The van der Waals surface area contributed by atoms with Gasteiger partial charge in [0.25, 0.3) is 5.56 Å². The monoisotopic (exact) mass is 670 g/mol. The van der Waals surface area contributed by atoms with Crippen LogP contribution in [0.25, 0.3) is 17.4 Å². The van der Waals surface area contributed by atoms with E-state index in [0.29, 0.717) is 60.3 Å². The summed E-state index contributed by atoms with van der Waals surface area (Å²) in [4.78, 5) is 44.0. The van der Waals surface area contributed by atoms with Gasteiger partial charge in [-0.05, 0) is 68.8 Å². The SMILES string of the molecule is CCOC(=O)C1=C(C)N=c2s/c(=C/c3ccc(-c4ccc(Cl)c(Cl)c4)o3)c(=O)n2[C@@H]1c1ccc(OCC(=O)OC)c(OCC)c1. The van der Waals surface area contributed by atoms with Gasteiger partial charge < -0.3 is 23.4 Å². The van der Waals surface area contributed by atoms with Crippen LogP contribution < -0.4 is 24.4 Å². The van der Waals surface area contributed by atoms with Crippen LogP contribution in [0.4, 0.5) is 0 Å². The predicted octanol–water partition coefficient (Wildman–Crippen LogP) is 5.32. The van der Waals surface area contributed by atoms with E-state index in [1.165, 1.54) is 11.7 Å². The van der Waals surface area contributed by atoms with Crippen molar-refractivity contribution in [2.45, 2.75) is 26.8 Å². The molecule has 0 radical (unpaired) electrons. The van der Waals surface area contributed by atoms with Crippen molar-refractivity contribution in [3.8, 4) is 22.8 Å². The third-order valence-corrected chi connectivity index (χ3v) is 8.50. The number of carbonyl (C=O) groups is 2. The van der Waals surface area contributed by atoms with Crippen molar-refractivity contribution in [1.82, 2.24) is 4.57 Å². The number of ether oxygens (including phenoxy) is 4. The third-order valence-electron chi connectivity index (χ3n) is 6.78. The zero-order chi connectivity index (χ0) is 32.2. The Hall–Kier alpha value is -4.32. The molecule has 1 atom stereocenters. The average Bonchev–Trinajstić information content (AvgIpc) is 3.61. The molecule has 0 fully saturated rings. The van der Waals surface area contributed by atoms with Crippen LogP contribution in [0.3, 0.4) is 0 Å². The molecule has 13 heteroatoms. The minimum absolute atomic E-state index is 0.136. The van der Waals surface area contributed by atoms with Gasteiger partial charge in [-0.3, -0.25) is 9.36 Å². The number of rotatable bonds is 10. The molecule has 0 amide bonds. The quantitative estimate of drug-likeness (QED) is 0.208. The van der Waals surface area contributed by atoms with E-state index in [0.717, 1.165) is 16.9 Å². The number of furan rings is 1. The Morgan fingerprint density at radius 2 is 1.82 bits per heavy atom. The van der Waals surface area contributed by atoms with Crippen molar-refractivity contribution in [2.24, 2.45) is 4.99 Å². The lowest BCUT2D eigenvalue weighted by Gasteiger charge is -2.25. The average molecular weight is 672 g/mol. The van der Waals surface area contributed by atoms with Crippen molar-refractivity contribution >= 4 is 52.6 Å². The van der Waals surface area contributed by atoms with E-state index < -0.39 is 18.0 Å². The molecule has 3 heterocycles. The molecule has 234 valence electrons. The van der Waals surface area contributed by atoms with E-state index in [1.54, 1.807) is 75.4 Å². The van der Waals surface area contributed by atoms with Crippen molar-refractivity contribution < 1.29 is 33.0 Å². The van der Waals surface area contributed by atoms with Crippen LogP contribution in [0.5, 0.6) is 11.5 Å². The van der Waals surface area contributed by atoms with Crippen molar-refractivity contribution in [2.75, 3.05) is 26.9 Å².